The lowest BCUT2D eigenvalue weighted by molar-refractivity contribution is 0.548. The van der Waals surface area contributed by atoms with Gasteiger partial charge in [0.1, 0.15) is 23.3 Å². The first kappa shape index (κ1) is 11.9. The zero-order valence-electron chi connectivity index (χ0n) is 8.28. The lowest BCUT2D eigenvalue weighted by Crippen LogP contribution is -1.94. The van der Waals surface area contributed by atoms with Crippen LogP contribution in [0.3, 0.4) is 0 Å². The van der Waals surface area contributed by atoms with Crippen LogP contribution in [-0.4, -0.2) is 0 Å². The maximum Gasteiger partial charge on any atom is 0.142 e. The van der Waals surface area contributed by atoms with Crippen LogP contribution in [-0.2, 0) is 0 Å². The maximum absolute atomic E-state index is 13.4. The van der Waals surface area contributed by atoms with Crippen molar-refractivity contribution in [1.82, 2.24) is 0 Å². The molecule has 0 heterocycles. The van der Waals surface area contributed by atoms with E-state index in [4.69, 9.17) is 11.6 Å². The second kappa shape index (κ2) is 4.37. The van der Waals surface area contributed by atoms with E-state index in [1.54, 1.807) is 0 Å². The Balaban J connectivity index is 2.73. The van der Waals surface area contributed by atoms with Gasteiger partial charge in [-0.05, 0) is 6.07 Å². The van der Waals surface area contributed by atoms with Gasteiger partial charge in [0.2, 0.25) is 0 Å². The summed E-state index contributed by atoms with van der Waals surface area (Å²) < 4.78 is 52.8. The number of halogens is 5. The van der Waals surface area contributed by atoms with Gasteiger partial charge in [-0.1, -0.05) is 23.7 Å². The molecule has 2 rings (SSSR count). The molecule has 2 aromatic carbocycles. The lowest BCUT2D eigenvalue weighted by atomic mass is 10.0. The molecular weight excluding hydrogens is 256 g/mol. The normalized spacial score (nSPS) is 10.6. The Morgan fingerprint density at radius 2 is 1.41 bits per heavy atom. The smallest absolute Gasteiger partial charge is 0.142 e. The second-order valence-electron chi connectivity index (χ2n) is 3.35. The second-order valence-corrected chi connectivity index (χ2v) is 3.72. The van der Waals surface area contributed by atoms with Gasteiger partial charge in [0, 0.05) is 17.7 Å². The first-order valence-corrected chi connectivity index (χ1v) is 4.97. The van der Waals surface area contributed by atoms with Gasteiger partial charge >= 0.3 is 0 Å². The Labute approximate surface area is 99.5 Å². The van der Waals surface area contributed by atoms with E-state index < -0.39 is 33.9 Å². The van der Waals surface area contributed by atoms with E-state index in [-0.39, 0.29) is 5.56 Å². The van der Waals surface area contributed by atoms with Crippen molar-refractivity contribution in [2.45, 2.75) is 0 Å². The number of benzene rings is 2. The van der Waals surface area contributed by atoms with E-state index in [1.807, 2.05) is 0 Å². The Bertz CT molecular complexity index is 558. The highest BCUT2D eigenvalue weighted by molar-refractivity contribution is 6.33. The summed E-state index contributed by atoms with van der Waals surface area (Å²) in [7, 11) is 0. The average Bonchev–Trinajstić information content (AvgIpc) is 2.23. The summed E-state index contributed by atoms with van der Waals surface area (Å²) in [6.07, 6.45) is 0. The zero-order chi connectivity index (χ0) is 12.6. The van der Waals surface area contributed by atoms with Gasteiger partial charge < -0.3 is 0 Å². The topological polar surface area (TPSA) is 0 Å². The third-order valence-electron chi connectivity index (χ3n) is 2.23. The largest absolute Gasteiger partial charge is 0.207 e. The molecule has 0 nitrogen and oxygen atoms in total. The maximum atomic E-state index is 13.4. The summed E-state index contributed by atoms with van der Waals surface area (Å²) in [5, 5.41) is -0.406. The van der Waals surface area contributed by atoms with Crippen molar-refractivity contribution in [3.05, 3.63) is 58.6 Å². The highest BCUT2D eigenvalue weighted by Crippen LogP contribution is 2.33. The Kier molecular flexibility index (Phi) is 3.07. The van der Waals surface area contributed by atoms with Crippen LogP contribution in [0.1, 0.15) is 0 Å². The van der Waals surface area contributed by atoms with Crippen molar-refractivity contribution >= 4 is 11.6 Å². The summed E-state index contributed by atoms with van der Waals surface area (Å²) in [4.78, 5) is 0. The highest BCUT2D eigenvalue weighted by atomic mass is 35.5. The standard InChI is InChI=1S/C12H5ClF4/c13-12-7(2-1-3-8(12)15)11-9(16)4-6(14)5-10(11)17/h1-5H. The Hall–Kier alpha value is -1.55. The average molecular weight is 261 g/mol. The first-order chi connectivity index (χ1) is 8.00. The molecular formula is C12H5ClF4. The molecule has 0 amide bonds. The number of hydrogen-bond acceptors (Lipinski definition) is 0. The van der Waals surface area contributed by atoms with E-state index in [2.05, 4.69) is 0 Å². The monoisotopic (exact) mass is 260 g/mol. The molecule has 0 atom stereocenters. The van der Waals surface area contributed by atoms with Gasteiger partial charge in [0.25, 0.3) is 0 Å². The van der Waals surface area contributed by atoms with Crippen LogP contribution in [0.15, 0.2) is 30.3 Å². The molecule has 0 spiro atoms. The van der Waals surface area contributed by atoms with E-state index >= 15 is 0 Å². The van der Waals surface area contributed by atoms with E-state index in [0.717, 1.165) is 6.07 Å². The van der Waals surface area contributed by atoms with Crippen molar-refractivity contribution in [3.63, 3.8) is 0 Å². The summed E-state index contributed by atoms with van der Waals surface area (Å²) in [5.74, 6) is -4.10. The fraction of sp³-hybridized carbons (Fsp3) is 0. The van der Waals surface area contributed by atoms with Crippen LogP contribution < -0.4 is 0 Å². The predicted octanol–water partition coefficient (Wildman–Crippen LogP) is 4.56. The third-order valence-corrected chi connectivity index (χ3v) is 2.61. The summed E-state index contributed by atoms with van der Waals surface area (Å²) >= 11 is 5.61. The molecule has 0 aromatic heterocycles. The van der Waals surface area contributed by atoms with Crippen LogP contribution in [0.4, 0.5) is 17.6 Å². The van der Waals surface area contributed by atoms with Gasteiger partial charge in [-0.15, -0.1) is 0 Å². The van der Waals surface area contributed by atoms with Crippen LogP contribution in [0.2, 0.25) is 5.02 Å². The Morgan fingerprint density at radius 1 is 0.824 bits per heavy atom. The lowest BCUT2D eigenvalue weighted by Gasteiger charge is -2.08. The molecule has 0 radical (unpaired) electrons. The molecule has 0 aliphatic rings. The van der Waals surface area contributed by atoms with Gasteiger partial charge in [-0.2, -0.15) is 0 Å². The summed E-state index contributed by atoms with van der Waals surface area (Å²) in [6.45, 7) is 0. The molecule has 0 bridgehead atoms. The highest BCUT2D eigenvalue weighted by Gasteiger charge is 2.17. The number of hydrogen-bond donors (Lipinski definition) is 0. The molecule has 5 heteroatoms. The minimum atomic E-state index is -1.13. The molecule has 2 aromatic rings. The molecule has 0 saturated carbocycles. The van der Waals surface area contributed by atoms with Crippen molar-refractivity contribution in [2.24, 2.45) is 0 Å². The SMILES string of the molecule is Fc1cc(F)c(-c2cccc(F)c2Cl)c(F)c1. The Morgan fingerprint density at radius 3 is 2.00 bits per heavy atom. The summed E-state index contributed by atoms with van der Waals surface area (Å²) in [5.41, 5.74) is -0.697. The molecule has 0 saturated heterocycles. The fourth-order valence-electron chi connectivity index (χ4n) is 1.50. The summed E-state index contributed by atoms with van der Waals surface area (Å²) in [6, 6.07) is 4.61. The van der Waals surface area contributed by atoms with Crippen molar-refractivity contribution < 1.29 is 17.6 Å². The van der Waals surface area contributed by atoms with E-state index in [9.17, 15) is 17.6 Å². The minimum Gasteiger partial charge on any atom is -0.207 e. The van der Waals surface area contributed by atoms with E-state index in [1.165, 1.54) is 12.1 Å². The van der Waals surface area contributed by atoms with Gasteiger partial charge in [0.05, 0.1) is 10.6 Å². The molecule has 88 valence electrons. The van der Waals surface area contributed by atoms with Gasteiger partial charge in [-0.25, -0.2) is 17.6 Å². The predicted molar refractivity (Wildman–Crippen MR) is 56.7 cm³/mol. The van der Waals surface area contributed by atoms with Crippen molar-refractivity contribution in [3.8, 4) is 11.1 Å². The van der Waals surface area contributed by atoms with Gasteiger partial charge in [-0.3, -0.25) is 0 Å². The van der Waals surface area contributed by atoms with Crippen LogP contribution in [0, 0.1) is 23.3 Å². The van der Waals surface area contributed by atoms with E-state index in [0.29, 0.717) is 12.1 Å². The van der Waals surface area contributed by atoms with Crippen LogP contribution >= 0.6 is 11.6 Å². The van der Waals surface area contributed by atoms with Crippen molar-refractivity contribution in [1.29, 1.82) is 0 Å². The zero-order valence-corrected chi connectivity index (χ0v) is 9.03. The quantitative estimate of drug-likeness (QED) is 0.659. The molecule has 17 heavy (non-hydrogen) atoms. The molecule has 0 unspecified atom stereocenters. The van der Waals surface area contributed by atoms with Gasteiger partial charge in [0.15, 0.2) is 0 Å². The molecule has 0 N–H and O–H groups in total. The van der Waals surface area contributed by atoms with Crippen LogP contribution in [0.25, 0.3) is 11.1 Å². The molecule has 0 aliphatic carbocycles. The number of rotatable bonds is 1. The fourth-order valence-corrected chi connectivity index (χ4v) is 1.72. The first-order valence-electron chi connectivity index (χ1n) is 4.59. The third kappa shape index (κ3) is 2.13. The van der Waals surface area contributed by atoms with Crippen LogP contribution in [0.5, 0.6) is 0 Å². The minimum absolute atomic E-state index is 0.151. The van der Waals surface area contributed by atoms with Crippen molar-refractivity contribution in [2.75, 3.05) is 0 Å². The molecule has 0 fully saturated rings. The molecule has 0 aliphatic heterocycles.